The topological polar surface area (TPSA) is 25.8 Å². The molecule has 2 heteroatoms. The molecule has 109 valence electrons. The summed E-state index contributed by atoms with van der Waals surface area (Å²) in [5, 5.41) is 0. The maximum absolute atomic E-state index is 4.55. The zero-order valence-electron chi connectivity index (χ0n) is 13.4. The molecule has 1 heterocycles. The van der Waals surface area contributed by atoms with Gasteiger partial charge in [-0.3, -0.25) is 4.98 Å². The molecular formula is C20H19N2. The Balaban J connectivity index is 2.22. The van der Waals surface area contributed by atoms with E-state index in [2.05, 4.69) is 80.3 Å². The van der Waals surface area contributed by atoms with Crippen molar-refractivity contribution in [2.75, 3.05) is 0 Å². The number of aryl methyl sites for hydroxylation is 4. The molecule has 0 N–H and O–H groups in total. The molecule has 0 aliphatic rings. The van der Waals surface area contributed by atoms with Crippen molar-refractivity contribution in [2.24, 2.45) is 0 Å². The first-order valence-electron chi connectivity index (χ1n) is 7.43. The maximum atomic E-state index is 4.55. The fraction of sp³-hybridized carbons (Fsp3) is 0.200. The van der Waals surface area contributed by atoms with Crippen LogP contribution in [-0.2, 0) is 0 Å². The summed E-state index contributed by atoms with van der Waals surface area (Å²) >= 11 is 0. The van der Waals surface area contributed by atoms with Crippen molar-refractivity contribution in [1.82, 2.24) is 9.97 Å². The van der Waals surface area contributed by atoms with Gasteiger partial charge in [-0.1, -0.05) is 34.4 Å². The summed E-state index contributed by atoms with van der Waals surface area (Å²) in [4.78, 5) is 9.03. The lowest BCUT2D eigenvalue weighted by atomic mass is 9.98. The summed E-state index contributed by atoms with van der Waals surface area (Å²) in [6.07, 6.45) is 4.51. The highest BCUT2D eigenvalue weighted by atomic mass is 14.8. The smallest absolute Gasteiger partial charge is 0.109 e. The van der Waals surface area contributed by atoms with E-state index in [1.165, 1.54) is 22.3 Å². The molecule has 3 rings (SSSR count). The molecule has 2 nitrogen and oxygen atoms in total. The van der Waals surface area contributed by atoms with Crippen molar-refractivity contribution in [3.8, 4) is 22.5 Å². The second kappa shape index (κ2) is 5.72. The van der Waals surface area contributed by atoms with Crippen molar-refractivity contribution < 1.29 is 0 Å². The number of rotatable bonds is 2. The quantitative estimate of drug-likeness (QED) is 0.673. The Kier molecular flexibility index (Phi) is 3.76. The van der Waals surface area contributed by atoms with Crippen LogP contribution in [0.2, 0.25) is 0 Å². The summed E-state index contributed by atoms with van der Waals surface area (Å²) < 4.78 is 0. The predicted molar refractivity (Wildman–Crippen MR) is 90.7 cm³/mol. The largest absolute Gasteiger partial charge is 0.252 e. The van der Waals surface area contributed by atoms with E-state index in [-0.39, 0.29) is 0 Å². The van der Waals surface area contributed by atoms with Gasteiger partial charge in [0.1, 0.15) is 6.20 Å². The van der Waals surface area contributed by atoms with Gasteiger partial charge in [0.25, 0.3) is 0 Å². The Labute approximate surface area is 131 Å². The molecule has 0 unspecified atom stereocenters. The highest BCUT2D eigenvalue weighted by Gasteiger charge is 2.11. The molecule has 0 amide bonds. The van der Waals surface area contributed by atoms with Crippen LogP contribution in [-0.4, -0.2) is 9.97 Å². The van der Waals surface area contributed by atoms with Crippen LogP contribution >= 0.6 is 0 Å². The lowest BCUT2D eigenvalue weighted by molar-refractivity contribution is 1.19. The SMILES string of the molecule is Cc1cc(C)cc(-c2n[c]cnc2-c2cc(C)cc(C)c2)c1. The molecule has 0 aliphatic carbocycles. The van der Waals surface area contributed by atoms with Crippen LogP contribution in [0.15, 0.2) is 42.6 Å². The van der Waals surface area contributed by atoms with E-state index < -0.39 is 0 Å². The van der Waals surface area contributed by atoms with Crippen LogP contribution in [0.5, 0.6) is 0 Å². The summed E-state index contributed by atoms with van der Waals surface area (Å²) in [5.74, 6) is 0. The van der Waals surface area contributed by atoms with E-state index in [9.17, 15) is 0 Å². The molecule has 22 heavy (non-hydrogen) atoms. The van der Waals surface area contributed by atoms with E-state index in [0.717, 1.165) is 22.5 Å². The Morgan fingerprint density at radius 2 is 1.09 bits per heavy atom. The van der Waals surface area contributed by atoms with Gasteiger partial charge < -0.3 is 0 Å². The molecule has 1 aromatic heterocycles. The van der Waals surface area contributed by atoms with Crippen LogP contribution in [0.1, 0.15) is 22.3 Å². The van der Waals surface area contributed by atoms with Gasteiger partial charge >= 0.3 is 0 Å². The minimum absolute atomic E-state index is 0.888. The summed E-state index contributed by atoms with van der Waals surface area (Å²) in [6, 6.07) is 12.9. The number of hydrogen-bond acceptors (Lipinski definition) is 2. The van der Waals surface area contributed by atoms with E-state index in [1.807, 2.05) is 0 Å². The number of hydrogen-bond donors (Lipinski definition) is 0. The maximum Gasteiger partial charge on any atom is 0.109 e. The van der Waals surface area contributed by atoms with Crippen LogP contribution in [0.25, 0.3) is 22.5 Å². The minimum atomic E-state index is 0.888. The zero-order chi connectivity index (χ0) is 15.7. The number of benzene rings is 2. The summed E-state index contributed by atoms with van der Waals surface area (Å²) in [5.41, 5.74) is 8.92. The fourth-order valence-electron chi connectivity index (χ4n) is 2.94. The van der Waals surface area contributed by atoms with Crippen molar-refractivity contribution in [2.45, 2.75) is 27.7 Å². The molecular weight excluding hydrogens is 268 g/mol. The highest BCUT2D eigenvalue weighted by molar-refractivity contribution is 5.78. The molecule has 0 saturated carbocycles. The lowest BCUT2D eigenvalue weighted by Gasteiger charge is -2.10. The normalized spacial score (nSPS) is 10.7. The van der Waals surface area contributed by atoms with Crippen LogP contribution < -0.4 is 0 Å². The first-order chi connectivity index (χ1) is 10.5. The van der Waals surface area contributed by atoms with Crippen molar-refractivity contribution in [3.63, 3.8) is 0 Å². The van der Waals surface area contributed by atoms with Crippen LogP contribution in [0.3, 0.4) is 0 Å². The van der Waals surface area contributed by atoms with Crippen molar-refractivity contribution in [1.29, 1.82) is 0 Å². The highest BCUT2D eigenvalue weighted by Crippen LogP contribution is 2.30. The average molecular weight is 287 g/mol. The van der Waals surface area contributed by atoms with E-state index in [1.54, 1.807) is 6.20 Å². The van der Waals surface area contributed by atoms with Gasteiger partial charge in [-0.25, -0.2) is 4.98 Å². The average Bonchev–Trinajstić information content (AvgIpc) is 2.45. The third-order valence-corrected chi connectivity index (χ3v) is 3.64. The molecule has 0 spiro atoms. The first kappa shape index (κ1) is 14.5. The molecule has 0 fully saturated rings. The first-order valence-corrected chi connectivity index (χ1v) is 7.43. The molecule has 1 radical (unpaired) electrons. The van der Waals surface area contributed by atoms with Gasteiger partial charge in [0.05, 0.1) is 17.6 Å². The second-order valence-corrected chi connectivity index (χ2v) is 5.95. The summed E-state index contributed by atoms with van der Waals surface area (Å²) in [7, 11) is 0. The number of aromatic nitrogens is 2. The van der Waals surface area contributed by atoms with Gasteiger partial charge in [0.2, 0.25) is 0 Å². The Morgan fingerprint density at radius 1 is 0.636 bits per heavy atom. The third-order valence-electron chi connectivity index (χ3n) is 3.64. The molecule has 0 bridgehead atoms. The molecule has 0 atom stereocenters. The Morgan fingerprint density at radius 3 is 1.59 bits per heavy atom. The van der Waals surface area contributed by atoms with Crippen molar-refractivity contribution in [3.05, 3.63) is 71.0 Å². The van der Waals surface area contributed by atoms with Crippen LogP contribution in [0.4, 0.5) is 0 Å². The lowest BCUT2D eigenvalue weighted by Crippen LogP contribution is -1.94. The van der Waals surface area contributed by atoms with E-state index >= 15 is 0 Å². The van der Waals surface area contributed by atoms with Crippen molar-refractivity contribution >= 4 is 0 Å². The van der Waals surface area contributed by atoms with Gasteiger partial charge in [0.15, 0.2) is 0 Å². The molecule has 0 saturated heterocycles. The molecule has 3 aromatic rings. The monoisotopic (exact) mass is 287 g/mol. The van der Waals surface area contributed by atoms with E-state index in [4.69, 9.17) is 0 Å². The predicted octanol–water partition coefficient (Wildman–Crippen LogP) is 4.84. The molecule has 2 aromatic carbocycles. The van der Waals surface area contributed by atoms with Gasteiger partial charge in [-0.05, 0) is 52.0 Å². The standard InChI is InChI=1S/C20H19N2/c1-13-7-14(2)10-17(9-13)19-20(22-6-5-21-19)18-11-15(3)8-16(4)12-18/h5,7-12H,1-4H3. The zero-order valence-corrected chi connectivity index (χ0v) is 13.4. The van der Waals surface area contributed by atoms with Gasteiger partial charge in [-0.2, -0.15) is 0 Å². The Bertz CT molecular complexity index is 724. The Hall–Kier alpha value is -2.48. The fourth-order valence-corrected chi connectivity index (χ4v) is 2.94. The van der Waals surface area contributed by atoms with E-state index in [0.29, 0.717) is 0 Å². The summed E-state index contributed by atoms with van der Waals surface area (Å²) in [6.45, 7) is 8.42. The van der Waals surface area contributed by atoms with Gasteiger partial charge in [-0.15, -0.1) is 0 Å². The number of nitrogens with zero attached hydrogens (tertiary/aromatic N) is 2. The molecule has 0 aliphatic heterocycles. The second-order valence-electron chi connectivity index (χ2n) is 5.95. The van der Waals surface area contributed by atoms with Gasteiger partial charge in [0, 0.05) is 11.1 Å². The minimum Gasteiger partial charge on any atom is -0.252 e. The third kappa shape index (κ3) is 2.91. The van der Waals surface area contributed by atoms with Crippen LogP contribution in [0, 0.1) is 33.9 Å².